The summed E-state index contributed by atoms with van der Waals surface area (Å²) < 4.78 is 60.8. The second kappa shape index (κ2) is 4.90. The number of phenols is 1. The highest BCUT2D eigenvalue weighted by Crippen LogP contribution is 2.35. The maximum atomic E-state index is 12.6. The average Bonchev–Trinajstić information content (AvgIpc) is 2.28. The highest BCUT2D eigenvalue weighted by Gasteiger charge is 2.63. The number of nitrogens with one attached hydrogen (secondary N) is 1. The van der Waals surface area contributed by atoms with Crippen molar-refractivity contribution in [1.82, 2.24) is 5.32 Å². The van der Waals surface area contributed by atoms with Crippen molar-refractivity contribution in [3.63, 3.8) is 0 Å². The predicted molar refractivity (Wildman–Crippen MR) is 55.4 cm³/mol. The molecule has 0 spiro atoms. The largest absolute Gasteiger partial charge is 0.508 e. The SMILES string of the molecule is Nc1ccc(O)c(CNC(=O)C(F)(F)C(F)(F)F)c1. The van der Waals surface area contributed by atoms with Gasteiger partial charge in [-0.1, -0.05) is 0 Å². The van der Waals surface area contributed by atoms with Crippen LogP contribution < -0.4 is 11.1 Å². The lowest BCUT2D eigenvalue weighted by molar-refractivity contribution is -0.269. The van der Waals surface area contributed by atoms with E-state index in [1.807, 2.05) is 0 Å². The number of phenolic OH excluding ortho intramolecular Hbond substituents is 1. The molecule has 0 heterocycles. The van der Waals surface area contributed by atoms with Gasteiger partial charge in [0, 0.05) is 17.8 Å². The van der Waals surface area contributed by atoms with E-state index >= 15 is 0 Å². The third-order valence-corrected chi connectivity index (χ3v) is 2.18. The Balaban J connectivity index is 2.77. The van der Waals surface area contributed by atoms with E-state index in [-0.39, 0.29) is 17.0 Å². The molecule has 4 nitrogen and oxygen atoms in total. The maximum absolute atomic E-state index is 12.6. The van der Waals surface area contributed by atoms with Crippen molar-refractivity contribution in [3.8, 4) is 5.75 Å². The molecule has 9 heteroatoms. The summed E-state index contributed by atoms with van der Waals surface area (Å²) in [4.78, 5) is 10.8. The van der Waals surface area contributed by atoms with Crippen LogP contribution in [-0.4, -0.2) is 23.1 Å². The zero-order valence-corrected chi connectivity index (χ0v) is 9.26. The van der Waals surface area contributed by atoms with E-state index in [2.05, 4.69) is 0 Å². The molecule has 0 aromatic heterocycles. The Kier molecular flexibility index (Phi) is 3.87. The summed E-state index contributed by atoms with van der Waals surface area (Å²) in [7, 11) is 0. The van der Waals surface area contributed by atoms with E-state index < -0.39 is 24.6 Å². The zero-order valence-electron chi connectivity index (χ0n) is 9.26. The Morgan fingerprint density at radius 1 is 1.26 bits per heavy atom. The zero-order chi connectivity index (χ0) is 14.8. The van der Waals surface area contributed by atoms with Crippen molar-refractivity contribution in [1.29, 1.82) is 0 Å². The Hall–Kier alpha value is -2.06. The van der Waals surface area contributed by atoms with Crippen LogP contribution in [0, 0.1) is 0 Å². The van der Waals surface area contributed by atoms with Gasteiger partial charge >= 0.3 is 18.0 Å². The van der Waals surface area contributed by atoms with Crippen molar-refractivity contribution in [3.05, 3.63) is 23.8 Å². The molecule has 0 aliphatic heterocycles. The fraction of sp³-hybridized carbons (Fsp3) is 0.300. The van der Waals surface area contributed by atoms with Crippen molar-refractivity contribution in [2.24, 2.45) is 0 Å². The minimum absolute atomic E-state index is 0.0775. The summed E-state index contributed by atoms with van der Waals surface area (Å²) in [6.07, 6.45) is -5.98. The van der Waals surface area contributed by atoms with Crippen LogP contribution in [0.4, 0.5) is 27.6 Å². The fourth-order valence-corrected chi connectivity index (χ4v) is 1.16. The second-order valence-electron chi connectivity index (χ2n) is 3.64. The van der Waals surface area contributed by atoms with Gasteiger partial charge in [-0.2, -0.15) is 22.0 Å². The number of halogens is 5. The number of carbonyl (C=O) groups is 1. The topological polar surface area (TPSA) is 75.3 Å². The number of aromatic hydroxyl groups is 1. The smallest absolute Gasteiger partial charge is 0.463 e. The molecule has 1 amide bonds. The lowest BCUT2D eigenvalue weighted by atomic mass is 10.1. The molecule has 0 unspecified atom stereocenters. The minimum atomic E-state index is -5.98. The van der Waals surface area contributed by atoms with E-state index in [0.29, 0.717) is 0 Å². The minimum Gasteiger partial charge on any atom is -0.508 e. The fourth-order valence-electron chi connectivity index (χ4n) is 1.16. The molecule has 4 N–H and O–H groups in total. The van der Waals surface area contributed by atoms with E-state index in [9.17, 15) is 31.9 Å². The van der Waals surface area contributed by atoms with Crippen LogP contribution in [0.15, 0.2) is 18.2 Å². The molecule has 0 fully saturated rings. The maximum Gasteiger partial charge on any atom is 0.463 e. The van der Waals surface area contributed by atoms with Crippen LogP contribution in [0.2, 0.25) is 0 Å². The van der Waals surface area contributed by atoms with Gasteiger partial charge in [0.1, 0.15) is 5.75 Å². The van der Waals surface area contributed by atoms with E-state index in [0.717, 1.165) is 12.1 Å². The van der Waals surface area contributed by atoms with Gasteiger partial charge in [0.05, 0.1) is 0 Å². The molecule has 0 atom stereocenters. The molecule has 106 valence electrons. The first kappa shape index (κ1) is 15.0. The quantitative estimate of drug-likeness (QED) is 0.450. The van der Waals surface area contributed by atoms with Gasteiger partial charge in [0.25, 0.3) is 0 Å². The van der Waals surface area contributed by atoms with Gasteiger partial charge in [-0.3, -0.25) is 4.79 Å². The first-order valence-electron chi connectivity index (χ1n) is 4.86. The molecule has 0 saturated carbocycles. The van der Waals surface area contributed by atoms with Gasteiger partial charge < -0.3 is 16.2 Å². The molecule has 19 heavy (non-hydrogen) atoms. The number of amides is 1. The first-order chi connectivity index (χ1) is 8.55. The first-order valence-corrected chi connectivity index (χ1v) is 4.86. The normalized spacial score (nSPS) is 12.3. The molecule has 0 aliphatic carbocycles. The number of anilines is 1. The number of hydrogen-bond donors (Lipinski definition) is 3. The Morgan fingerprint density at radius 3 is 2.37 bits per heavy atom. The van der Waals surface area contributed by atoms with Gasteiger partial charge in [0.15, 0.2) is 0 Å². The van der Waals surface area contributed by atoms with E-state index in [1.165, 1.54) is 11.4 Å². The highest BCUT2D eigenvalue weighted by molar-refractivity contribution is 5.84. The Bertz CT molecular complexity index is 487. The number of nitrogens with two attached hydrogens (primary N) is 1. The van der Waals surface area contributed by atoms with Gasteiger partial charge in [0.2, 0.25) is 0 Å². The molecule has 1 rings (SSSR count). The van der Waals surface area contributed by atoms with Crippen LogP contribution in [0.3, 0.4) is 0 Å². The van der Waals surface area contributed by atoms with Gasteiger partial charge in [-0.15, -0.1) is 0 Å². The van der Waals surface area contributed by atoms with Crippen LogP contribution >= 0.6 is 0 Å². The lowest BCUT2D eigenvalue weighted by Gasteiger charge is -2.18. The molecule has 0 saturated heterocycles. The van der Waals surface area contributed by atoms with Crippen molar-refractivity contribution in [2.45, 2.75) is 18.6 Å². The predicted octanol–water partition coefficient (Wildman–Crippen LogP) is 1.79. The summed E-state index contributed by atoms with van der Waals surface area (Å²) in [5.41, 5.74) is 5.42. The van der Waals surface area contributed by atoms with Gasteiger partial charge in [-0.25, -0.2) is 0 Å². The molecule has 0 radical (unpaired) electrons. The molecule has 1 aromatic carbocycles. The Labute approximate surface area is 104 Å². The monoisotopic (exact) mass is 284 g/mol. The van der Waals surface area contributed by atoms with Crippen LogP contribution in [0.5, 0.6) is 5.75 Å². The number of carbonyl (C=O) groups excluding carboxylic acids is 1. The molecular formula is C10H9F5N2O2. The summed E-state index contributed by atoms with van der Waals surface area (Å²) >= 11 is 0. The Morgan fingerprint density at radius 2 is 1.84 bits per heavy atom. The standard InChI is InChI=1S/C10H9F5N2O2/c11-9(12,10(13,14)15)8(19)17-4-5-3-6(16)1-2-7(5)18/h1-3,18H,4,16H2,(H,17,19). The molecule has 0 aliphatic rings. The third-order valence-electron chi connectivity index (χ3n) is 2.18. The van der Waals surface area contributed by atoms with Crippen molar-refractivity contribution in [2.75, 3.05) is 5.73 Å². The van der Waals surface area contributed by atoms with Crippen molar-refractivity contribution < 1.29 is 31.9 Å². The van der Waals surface area contributed by atoms with Gasteiger partial charge in [-0.05, 0) is 18.2 Å². The number of rotatable bonds is 3. The number of nitrogen functional groups attached to an aromatic ring is 1. The molecule has 1 aromatic rings. The molecular weight excluding hydrogens is 275 g/mol. The van der Waals surface area contributed by atoms with Crippen LogP contribution in [0.25, 0.3) is 0 Å². The highest BCUT2D eigenvalue weighted by atomic mass is 19.4. The van der Waals surface area contributed by atoms with Crippen LogP contribution in [0.1, 0.15) is 5.56 Å². The molecule has 0 bridgehead atoms. The number of benzene rings is 1. The lowest BCUT2D eigenvalue weighted by Crippen LogP contribution is -2.50. The summed E-state index contributed by atoms with van der Waals surface area (Å²) in [5, 5.41) is 10.7. The van der Waals surface area contributed by atoms with E-state index in [1.54, 1.807) is 0 Å². The summed E-state index contributed by atoms with van der Waals surface area (Å²) in [5.74, 6) is -8.38. The summed E-state index contributed by atoms with van der Waals surface area (Å²) in [6.45, 7) is -0.707. The summed E-state index contributed by atoms with van der Waals surface area (Å²) in [6, 6.07) is 3.56. The second-order valence-corrected chi connectivity index (χ2v) is 3.64. The van der Waals surface area contributed by atoms with Crippen LogP contribution in [-0.2, 0) is 11.3 Å². The van der Waals surface area contributed by atoms with Crippen molar-refractivity contribution >= 4 is 11.6 Å². The van der Waals surface area contributed by atoms with E-state index in [4.69, 9.17) is 5.73 Å². The number of alkyl halides is 5. The number of hydrogen-bond acceptors (Lipinski definition) is 3. The third kappa shape index (κ3) is 3.24. The average molecular weight is 284 g/mol.